The summed E-state index contributed by atoms with van der Waals surface area (Å²) in [4.78, 5) is 176. The third kappa shape index (κ3) is 25.7. The number of methoxy groups -OCH3 is 2. The molecule has 8 N–H and O–H groups in total. The smallest absolute Gasteiger partial charge is 0.335 e. The number of aromatic nitrogens is 1. The van der Waals surface area contributed by atoms with E-state index in [1.807, 2.05) is 51.2 Å². The van der Waals surface area contributed by atoms with E-state index in [0.29, 0.717) is 175 Å². The summed E-state index contributed by atoms with van der Waals surface area (Å²) in [6, 6.07) is 27.5. The molecule has 2 aliphatic carbocycles. The van der Waals surface area contributed by atoms with Crippen molar-refractivity contribution < 1.29 is 115 Å². The Bertz CT molecular complexity index is 5200. The van der Waals surface area contributed by atoms with Crippen LogP contribution in [0, 0.1) is 0 Å². The first-order chi connectivity index (χ1) is 64.9. The molecule has 0 spiro atoms. The van der Waals surface area contributed by atoms with Crippen LogP contribution in [-0.2, 0) is 73.3 Å². The second-order valence-electron chi connectivity index (χ2n) is 33.4. The number of carboxylic acid groups (broad SMARTS) is 1. The van der Waals surface area contributed by atoms with Gasteiger partial charge in [0.2, 0.25) is 35.4 Å². The fraction of sp³-hybridized carbons (Fsp3) is 0.500. The largest absolute Gasteiger partial charge is 0.495 e. The zero-order valence-electron chi connectivity index (χ0n) is 77.0. The van der Waals surface area contributed by atoms with Crippen molar-refractivity contribution in [3.05, 3.63) is 137 Å². The van der Waals surface area contributed by atoms with Crippen LogP contribution in [0.5, 0.6) is 23.0 Å². The molecule has 4 fully saturated rings. The molecule has 38 nitrogen and oxygen atoms in total. The second-order valence-corrected chi connectivity index (χ2v) is 33.4. The van der Waals surface area contributed by atoms with E-state index in [4.69, 9.17) is 52.4 Å². The number of imide groups is 3. The summed E-state index contributed by atoms with van der Waals surface area (Å²) in [6.07, 6.45) is 13.4. The van der Waals surface area contributed by atoms with E-state index in [0.717, 1.165) is 91.4 Å². The van der Waals surface area contributed by atoms with Gasteiger partial charge >= 0.3 is 5.97 Å². The predicted octanol–water partition coefficient (Wildman–Crippen LogP) is 8.54. The molecular formula is C96H122N14O24. The molecule has 720 valence electrons. The Kier molecular flexibility index (Phi) is 36.8. The maximum Gasteiger partial charge on any atom is 0.335 e. The van der Waals surface area contributed by atoms with Gasteiger partial charge in [-0.25, -0.2) is 9.78 Å². The minimum absolute atomic E-state index is 0.00670. The number of aromatic carboxylic acids is 1. The lowest BCUT2D eigenvalue weighted by atomic mass is 10.0. The van der Waals surface area contributed by atoms with Crippen molar-refractivity contribution in [1.29, 1.82) is 0 Å². The summed E-state index contributed by atoms with van der Waals surface area (Å²) in [5.41, 5.74) is 6.64. The molecule has 6 aromatic rings. The highest BCUT2D eigenvalue weighted by Crippen LogP contribution is 2.45. The lowest BCUT2D eigenvalue weighted by molar-refractivity contribution is -0.138. The number of ether oxygens (including phenoxy) is 10. The second kappa shape index (κ2) is 49.2. The Labute approximate surface area is 778 Å². The number of carboxylic acids is 1. The molecule has 7 heterocycles. The number of hydrogen-bond acceptors (Lipinski definition) is 28. The molecule has 38 heteroatoms. The van der Waals surface area contributed by atoms with Gasteiger partial charge in [0, 0.05) is 107 Å². The van der Waals surface area contributed by atoms with E-state index in [1.54, 1.807) is 60.4 Å². The predicted molar refractivity (Wildman–Crippen MR) is 494 cm³/mol. The highest BCUT2D eigenvalue weighted by atomic mass is 16.6. The van der Waals surface area contributed by atoms with Crippen LogP contribution in [0.4, 0.5) is 45.8 Å². The van der Waals surface area contributed by atoms with Gasteiger partial charge in [-0.05, 0) is 169 Å². The van der Waals surface area contributed by atoms with Gasteiger partial charge in [-0.15, -0.1) is 0 Å². The standard InChI is InChI=1S/C48H59N7O12.C26H37N3O8.C22H26N4O4/c1-30-46(60)53(2)36-16-14-32(28-38(36)54(30)33-9-4-5-10-33)51-35-15-13-31(27-40(35)63-3)44(58)50-20-8-22-65-24-26-66-25-23-64-21-7-19-49-42(57)29-67-39-12-6-11-34-43(39)48(62)55(47(34)61)37-17-18-41(56)52-45(37)59;1-2-3-11-34-13-15-36-16-14-35-12-5-10-27-24(31)18-37-22-7-4-6-19-20(22)17-29(26(19)33)21-8-9-23(30)28-25(21)32;1-13-21(27)25(2)17-10-11-19(24-20(17)26(13)15-6-4-5-7-15)23-16-9-8-14(22(28)29)12-18(16)30-3/h6,11-16,27-28,30,33,37,51H,4-5,7-10,17-26,29H2,1-3H3,(H,49,57)(H,50,58)(H,52,56,59);4,6-7,21H,2-3,5,8-18H2,1H3,(H,27,31)(H,28,30,32);8-13,15H,4-7H2,1-3H3,(H,23,24)(H,28,29)/t30-,37?;;13-/m1.0/s1. The number of carbonyl (C=O) groups excluding carboxylic acids is 12. The number of unbranched alkanes of at least 4 members (excludes halogenated alkanes) is 1. The van der Waals surface area contributed by atoms with Crippen molar-refractivity contribution in [2.75, 3.05) is 171 Å². The number of anilines is 8. The van der Waals surface area contributed by atoms with Crippen molar-refractivity contribution in [2.24, 2.45) is 0 Å². The lowest BCUT2D eigenvalue weighted by Crippen LogP contribution is -2.54. The number of nitrogens with one attached hydrogen (secondary N) is 7. The molecule has 8 aliphatic rings. The number of nitrogens with zero attached hydrogens (tertiary/aromatic N) is 7. The SMILES string of the molecule is CCCCOCCOCCOCCCNC(=O)COc1cccc2c1CN(C1CCC(=O)NC1=O)C2=O.COc1cc(C(=O)NCCCOCCOCCOCCCNC(=O)COc2cccc3c2C(=O)N(C2CCC(=O)NC2=O)C3=O)ccc1Nc1ccc2c(c1)N(C1CCCC1)[C@H](C)C(=O)N2C.COc1cc(C(=O)O)ccc1Nc1ccc2c(n1)N(C1CCCC1)[C@@H](C)C(=O)N2C. The zero-order chi connectivity index (χ0) is 95.3. The minimum Gasteiger partial charge on any atom is -0.495 e. The zero-order valence-corrected chi connectivity index (χ0v) is 77.0. The Morgan fingerprint density at radius 1 is 0.478 bits per heavy atom. The Balaban J connectivity index is 0.000000202. The molecule has 14 rings (SSSR count). The maximum absolute atomic E-state index is 13.2. The van der Waals surface area contributed by atoms with Gasteiger partial charge in [-0.1, -0.05) is 51.2 Å². The van der Waals surface area contributed by atoms with Crippen molar-refractivity contribution in [3.8, 4) is 23.0 Å². The number of piperidine rings is 2. The monoisotopic (exact) mass is 1850 g/mol. The van der Waals surface area contributed by atoms with Crippen LogP contribution in [0.15, 0.2) is 103 Å². The van der Waals surface area contributed by atoms with Crippen LogP contribution in [0.25, 0.3) is 0 Å². The minimum atomic E-state index is -1.10. The topological polar surface area (TPSA) is 451 Å². The molecule has 2 unspecified atom stereocenters. The van der Waals surface area contributed by atoms with Gasteiger partial charge in [-0.2, -0.15) is 0 Å². The van der Waals surface area contributed by atoms with E-state index in [-0.39, 0.29) is 109 Å². The number of benzene rings is 5. The van der Waals surface area contributed by atoms with Crippen molar-refractivity contribution >= 4 is 123 Å². The first-order valence-electron chi connectivity index (χ1n) is 45.9. The van der Waals surface area contributed by atoms with Crippen LogP contribution < -0.4 is 75.8 Å². The number of fused-ring (bicyclic) bond motifs is 4. The first kappa shape index (κ1) is 100. The highest BCUT2D eigenvalue weighted by molar-refractivity contribution is 6.24. The molecule has 0 radical (unpaired) electrons. The number of pyridine rings is 1. The Morgan fingerprint density at radius 2 is 0.963 bits per heavy atom. The third-order valence-electron chi connectivity index (χ3n) is 24.3. The third-order valence-corrected chi connectivity index (χ3v) is 24.3. The van der Waals surface area contributed by atoms with Gasteiger partial charge in [0.1, 0.15) is 53.0 Å². The van der Waals surface area contributed by atoms with Gasteiger partial charge in [0.15, 0.2) is 19.0 Å². The average molecular weight is 1860 g/mol. The van der Waals surface area contributed by atoms with Crippen molar-refractivity contribution in [3.63, 3.8) is 0 Å². The van der Waals surface area contributed by atoms with Crippen LogP contribution in [-0.4, -0.2) is 273 Å². The van der Waals surface area contributed by atoms with Gasteiger partial charge in [0.25, 0.3) is 35.4 Å². The molecule has 12 amide bonds. The molecule has 2 saturated heterocycles. The van der Waals surface area contributed by atoms with Crippen molar-refractivity contribution in [2.45, 2.75) is 173 Å². The van der Waals surface area contributed by atoms with Gasteiger partial charge in [-0.3, -0.25) is 73.1 Å². The van der Waals surface area contributed by atoms with E-state index in [2.05, 4.69) is 60.0 Å². The fourth-order valence-electron chi connectivity index (χ4n) is 17.3. The van der Waals surface area contributed by atoms with Crippen molar-refractivity contribution in [1.82, 2.24) is 41.4 Å². The summed E-state index contributed by atoms with van der Waals surface area (Å²) >= 11 is 0. The molecule has 1 aromatic heterocycles. The van der Waals surface area contributed by atoms with E-state index in [1.165, 1.54) is 55.2 Å². The van der Waals surface area contributed by atoms with E-state index < -0.39 is 60.1 Å². The summed E-state index contributed by atoms with van der Waals surface area (Å²) in [7, 11) is 6.68. The number of likely N-dealkylation sites (N-methyl/N-ethyl adjacent to an activating group) is 2. The summed E-state index contributed by atoms with van der Waals surface area (Å²) in [5.74, 6) is -2.61. The van der Waals surface area contributed by atoms with E-state index >= 15 is 0 Å². The summed E-state index contributed by atoms with van der Waals surface area (Å²) in [5, 5.41) is 28.8. The lowest BCUT2D eigenvalue weighted by Gasteiger charge is -2.43. The fourth-order valence-corrected chi connectivity index (χ4v) is 17.3. The van der Waals surface area contributed by atoms with Crippen LogP contribution in [0.2, 0.25) is 0 Å². The number of amides is 12. The van der Waals surface area contributed by atoms with Gasteiger partial charge < -0.3 is 104 Å². The highest BCUT2D eigenvalue weighted by Gasteiger charge is 2.48. The number of hydrogen-bond donors (Lipinski definition) is 8. The number of rotatable bonds is 45. The molecule has 4 atom stereocenters. The normalized spacial score (nSPS) is 18.1. The van der Waals surface area contributed by atoms with Crippen LogP contribution in [0.1, 0.15) is 187 Å². The van der Waals surface area contributed by atoms with Crippen LogP contribution >= 0.6 is 0 Å². The molecule has 2 saturated carbocycles. The first-order valence-corrected chi connectivity index (χ1v) is 45.9. The van der Waals surface area contributed by atoms with Gasteiger partial charge in [0.05, 0.1) is 119 Å². The molecular weight excluding hydrogens is 1730 g/mol. The van der Waals surface area contributed by atoms with Crippen LogP contribution in [0.3, 0.4) is 0 Å². The summed E-state index contributed by atoms with van der Waals surface area (Å²) in [6.45, 7) is 12.6. The number of carbonyl (C=O) groups is 13. The molecule has 6 aliphatic heterocycles. The molecule has 0 bridgehead atoms. The maximum atomic E-state index is 13.2. The van der Waals surface area contributed by atoms with E-state index in [9.17, 15) is 67.4 Å². The molecule has 134 heavy (non-hydrogen) atoms. The quantitative estimate of drug-likeness (QED) is 0.0131. The summed E-state index contributed by atoms with van der Waals surface area (Å²) < 4.78 is 55.4. The average Bonchev–Trinajstić information content (AvgIpc) is 1.32. The Hall–Kier alpha value is -12.9. The molecule has 5 aromatic carbocycles. The Morgan fingerprint density at radius 3 is 1.52 bits per heavy atom.